The Hall–Kier alpha value is -0.770. The fourth-order valence-corrected chi connectivity index (χ4v) is 1.91. The van der Waals surface area contributed by atoms with E-state index in [9.17, 15) is 4.79 Å². The lowest BCUT2D eigenvalue weighted by Gasteiger charge is -2.39. The number of hydrogen-bond acceptors (Lipinski definition) is 2. The van der Waals surface area contributed by atoms with E-state index in [2.05, 4.69) is 24.1 Å². The molecule has 1 heterocycles. The summed E-state index contributed by atoms with van der Waals surface area (Å²) in [4.78, 5) is 15.8. The first kappa shape index (κ1) is 11.3. The van der Waals surface area contributed by atoms with Crippen LogP contribution in [-0.2, 0) is 0 Å². The van der Waals surface area contributed by atoms with E-state index in [1.54, 1.807) is 0 Å². The zero-order valence-corrected chi connectivity index (χ0v) is 9.42. The predicted octanol–water partition coefficient (Wildman–Crippen LogP) is 0.742. The summed E-state index contributed by atoms with van der Waals surface area (Å²) < 4.78 is 0. The molecule has 4 heteroatoms. The highest BCUT2D eigenvalue weighted by Crippen LogP contribution is 2.08. The van der Waals surface area contributed by atoms with Gasteiger partial charge in [0.2, 0.25) is 0 Å². The van der Waals surface area contributed by atoms with Crippen molar-refractivity contribution in [2.45, 2.75) is 26.8 Å². The van der Waals surface area contributed by atoms with Crippen LogP contribution in [-0.4, -0.2) is 54.6 Å². The van der Waals surface area contributed by atoms with Crippen LogP contribution in [0, 0.1) is 0 Å². The smallest absolute Gasteiger partial charge is 0.317 e. The molecule has 4 nitrogen and oxygen atoms in total. The first-order chi connectivity index (χ1) is 6.69. The summed E-state index contributed by atoms with van der Waals surface area (Å²) in [5, 5.41) is 2.84. The quantitative estimate of drug-likeness (QED) is 0.712. The van der Waals surface area contributed by atoms with Gasteiger partial charge in [0, 0.05) is 32.2 Å². The second-order valence-corrected chi connectivity index (χ2v) is 3.76. The third-order valence-electron chi connectivity index (χ3n) is 2.79. The Morgan fingerprint density at radius 3 is 2.64 bits per heavy atom. The highest BCUT2D eigenvalue weighted by molar-refractivity contribution is 5.74. The lowest BCUT2D eigenvalue weighted by atomic mass is 10.2. The van der Waals surface area contributed by atoms with Crippen molar-refractivity contribution in [3.63, 3.8) is 0 Å². The van der Waals surface area contributed by atoms with E-state index >= 15 is 0 Å². The fraction of sp³-hybridized carbons (Fsp3) is 0.900. The van der Waals surface area contributed by atoms with Crippen molar-refractivity contribution in [1.29, 1.82) is 0 Å². The number of rotatable bonds is 2. The van der Waals surface area contributed by atoms with E-state index in [4.69, 9.17) is 0 Å². The summed E-state index contributed by atoms with van der Waals surface area (Å²) in [6, 6.07) is 0.562. The minimum atomic E-state index is 0.0788. The number of carbonyl (C=O) groups is 1. The summed E-state index contributed by atoms with van der Waals surface area (Å²) in [5.74, 6) is 0. The van der Waals surface area contributed by atoms with Crippen LogP contribution in [0.1, 0.15) is 20.8 Å². The highest BCUT2D eigenvalue weighted by atomic mass is 16.2. The van der Waals surface area contributed by atoms with Gasteiger partial charge < -0.3 is 10.2 Å². The van der Waals surface area contributed by atoms with Crippen LogP contribution in [0.25, 0.3) is 0 Å². The van der Waals surface area contributed by atoms with Crippen molar-refractivity contribution < 1.29 is 4.79 Å². The van der Waals surface area contributed by atoms with Crippen molar-refractivity contribution in [3.8, 4) is 0 Å². The van der Waals surface area contributed by atoms with Gasteiger partial charge in [-0.2, -0.15) is 0 Å². The van der Waals surface area contributed by atoms with Gasteiger partial charge in [-0.05, 0) is 20.4 Å². The Labute approximate surface area is 86.2 Å². The van der Waals surface area contributed by atoms with E-state index in [0.717, 1.165) is 26.2 Å². The molecule has 14 heavy (non-hydrogen) atoms. The van der Waals surface area contributed by atoms with E-state index < -0.39 is 0 Å². The van der Waals surface area contributed by atoms with Gasteiger partial charge >= 0.3 is 6.03 Å². The van der Waals surface area contributed by atoms with E-state index in [-0.39, 0.29) is 6.03 Å². The molecule has 1 aliphatic heterocycles. The maximum Gasteiger partial charge on any atom is 0.317 e. The zero-order valence-electron chi connectivity index (χ0n) is 9.42. The maximum absolute atomic E-state index is 11.5. The number of nitrogens with one attached hydrogen (secondary N) is 1. The molecule has 1 fully saturated rings. The van der Waals surface area contributed by atoms with Crippen LogP contribution in [0.4, 0.5) is 4.79 Å². The molecule has 2 amide bonds. The SMILES string of the molecule is CCNC(=O)N1CCN(CC)C(C)C1. The molecule has 0 aromatic carbocycles. The molecule has 0 aromatic heterocycles. The van der Waals surface area contributed by atoms with Crippen molar-refractivity contribution in [2.75, 3.05) is 32.7 Å². The monoisotopic (exact) mass is 199 g/mol. The zero-order chi connectivity index (χ0) is 10.6. The third-order valence-corrected chi connectivity index (χ3v) is 2.79. The molecule has 1 aliphatic rings. The summed E-state index contributed by atoms with van der Waals surface area (Å²) >= 11 is 0. The van der Waals surface area contributed by atoms with Crippen LogP contribution < -0.4 is 5.32 Å². The minimum absolute atomic E-state index is 0.0788. The Morgan fingerprint density at radius 1 is 1.43 bits per heavy atom. The van der Waals surface area contributed by atoms with Gasteiger partial charge in [-0.1, -0.05) is 6.92 Å². The Balaban J connectivity index is 2.41. The van der Waals surface area contributed by atoms with Crippen LogP contribution in [0.15, 0.2) is 0 Å². The molecule has 0 aliphatic carbocycles. The lowest BCUT2D eigenvalue weighted by molar-refractivity contribution is 0.103. The number of carbonyl (C=O) groups excluding carboxylic acids is 1. The van der Waals surface area contributed by atoms with Crippen molar-refractivity contribution in [1.82, 2.24) is 15.1 Å². The predicted molar refractivity (Wildman–Crippen MR) is 57.4 cm³/mol. The van der Waals surface area contributed by atoms with E-state index in [1.807, 2.05) is 11.8 Å². The van der Waals surface area contributed by atoms with Gasteiger partial charge in [0.05, 0.1) is 0 Å². The topological polar surface area (TPSA) is 35.6 Å². The van der Waals surface area contributed by atoms with Gasteiger partial charge in [-0.3, -0.25) is 4.90 Å². The second kappa shape index (κ2) is 5.20. The first-order valence-corrected chi connectivity index (χ1v) is 5.45. The van der Waals surface area contributed by atoms with Gasteiger partial charge in [0.25, 0.3) is 0 Å². The minimum Gasteiger partial charge on any atom is -0.338 e. The molecule has 1 N–H and O–H groups in total. The fourth-order valence-electron chi connectivity index (χ4n) is 1.91. The maximum atomic E-state index is 11.5. The normalized spacial score (nSPS) is 23.6. The highest BCUT2D eigenvalue weighted by Gasteiger charge is 2.24. The molecule has 0 saturated carbocycles. The molecule has 0 spiro atoms. The van der Waals surface area contributed by atoms with E-state index in [0.29, 0.717) is 12.6 Å². The van der Waals surface area contributed by atoms with Crippen LogP contribution >= 0.6 is 0 Å². The number of hydrogen-bond donors (Lipinski definition) is 1. The van der Waals surface area contributed by atoms with Crippen molar-refractivity contribution in [2.24, 2.45) is 0 Å². The lowest BCUT2D eigenvalue weighted by Crippen LogP contribution is -2.55. The van der Waals surface area contributed by atoms with E-state index in [1.165, 1.54) is 0 Å². The molecular formula is C10H21N3O. The standard InChI is InChI=1S/C10H21N3O/c1-4-11-10(14)13-7-6-12(5-2)9(3)8-13/h9H,4-8H2,1-3H3,(H,11,14). The summed E-state index contributed by atoms with van der Waals surface area (Å²) in [6.45, 7) is 10.8. The van der Waals surface area contributed by atoms with Crippen molar-refractivity contribution >= 4 is 6.03 Å². The molecule has 1 atom stereocenters. The number of amides is 2. The van der Waals surface area contributed by atoms with Crippen LogP contribution in [0.5, 0.6) is 0 Å². The number of urea groups is 1. The van der Waals surface area contributed by atoms with Crippen LogP contribution in [0.3, 0.4) is 0 Å². The molecule has 1 unspecified atom stereocenters. The van der Waals surface area contributed by atoms with Gasteiger partial charge in [-0.25, -0.2) is 4.79 Å². The molecule has 1 rings (SSSR count). The summed E-state index contributed by atoms with van der Waals surface area (Å²) in [5.41, 5.74) is 0. The average molecular weight is 199 g/mol. The average Bonchev–Trinajstić information content (AvgIpc) is 2.18. The Bertz CT molecular complexity index is 196. The first-order valence-electron chi connectivity index (χ1n) is 5.45. The van der Waals surface area contributed by atoms with Crippen LogP contribution in [0.2, 0.25) is 0 Å². The molecule has 1 saturated heterocycles. The third kappa shape index (κ3) is 2.61. The molecule has 82 valence electrons. The Morgan fingerprint density at radius 2 is 2.14 bits per heavy atom. The second-order valence-electron chi connectivity index (χ2n) is 3.76. The van der Waals surface area contributed by atoms with Gasteiger partial charge in [0.15, 0.2) is 0 Å². The molecule has 0 aromatic rings. The van der Waals surface area contributed by atoms with Gasteiger partial charge in [-0.15, -0.1) is 0 Å². The number of nitrogens with zero attached hydrogens (tertiary/aromatic N) is 2. The number of piperazine rings is 1. The van der Waals surface area contributed by atoms with Gasteiger partial charge in [0.1, 0.15) is 0 Å². The Kier molecular flexibility index (Phi) is 4.20. The number of likely N-dealkylation sites (N-methyl/N-ethyl adjacent to an activating group) is 1. The molecule has 0 bridgehead atoms. The summed E-state index contributed by atoms with van der Waals surface area (Å²) in [7, 11) is 0. The largest absolute Gasteiger partial charge is 0.338 e. The molecular weight excluding hydrogens is 178 g/mol. The summed E-state index contributed by atoms with van der Waals surface area (Å²) in [6.07, 6.45) is 0. The van der Waals surface area contributed by atoms with Crippen molar-refractivity contribution in [3.05, 3.63) is 0 Å². The molecule has 0 radical (unpaired) electrons.